The van der Waals surface area contributed by atoms with E-state index in [0.29, 0.717) is 15.5 Å². The van der Waals surface area contributed by atoms with Crippen LogP contribution in [0.4, 0.5) is 0 Å². The maximum absolute atomic E-state index is 12.1. The minimum absolute atomic E-state index is 0.0807. The zero-order valence-corrected chi connectivity index (χ0v) is 8.85. The molecule has 0 amide bonds. The molecule has 0 spiro atoms. The molecule has 1 aliphatic carbocycles. The summed E-state index contributed by atoms with van der Waals surface area (Å²) in [5, 5.41) is 34.6. The van der Waals surface area contributed by atoms with Gasteiger partial charge in [0.1, 0.15) is 0 Å². The van der Waals surface area contributed by atoms with Gasteiger partial charge in [0.15, 0.2) is 5.76 Å². The van der Waals surface area contributed by atoms with Gasteiger partial charge in [-0.15, -0.1) is 0 Å². The Morgan fingerprint density at radius 3 is 2.41 bits per heavy atom. The second-order valence-electron chi connectivity index (χ2n) is 4.05. The first-order valence-electron chi connectivity index (χ1n) is 5.29. The first-order chi connectivity index (χ1) is 8.20. The molecule has 0 aromatic heterocycles. The van der Waals surface area contributed by atoms with Crippen LogP contribution in [0.3, 0.4) is 0 Å². The SMILES string of the molecule is [O-][N+]1=c2ccccc2=[N+]([O-])C2C(O)=CC=CC21. The Morgan fingerprint density at radius 1 is 1.06 bits per heavy atom. The van der Waals surface area contributed by atoms with Crippen molar-refractivity contribution in [2.45, 2.75) is 12.1 Å². The van der Waals surface area contributed by atoms with Crippen molar-refractivity contribution < 1.29 is 5.11 Å². The van der Waals surface area contributed by atoms with Crippen molar-refractivity contribution in [1.82, 2.24) is 9.48 Å². The Labute approximate surface area is 96.7 Å². The molecule has 1 aromatic carbocycles. The molecule has 0 saturated carbocycles. The second kappa shape index (κ2) is 3.35. The molecule has 0 radical (unpaired) electrons. The summed E-state index contributed by atoms with van der Waals surface area (Å²) < 4.78 is 1.47. The molecule has 0 saturated heterocycles. The minimum atomic E-state index is -0.854. The molecule has 5 nitrogen and oxygen atoms in total. The molecular weight excluding hydrogens is 220 g/mol. The summed E-state index contributed by atoms with van der Waals surface area (Å²) in [6, 6.07) is 5.05. The van der Waals surface area contributed by atoms with E-state index >= 15 is 0 Å². The number of hydrogen-bond acceptors (Lipinski definition) is 3. The average Bonchev–Trinajstić information content (AvgIpc) is 2.36. The molecule has 2 atom stereocenters. The third kappa shape index (κ3) is 1.25. The Kier molecular flexibility index (Phi) is 1.95. The number of aliphatic hydroxyl groups excluding tert-OH is 1. The van der Waals surface area contributed by atoms with E-state index in [9.17, 15) is 15.5 Å². The van der Waals surface area contributed by atoms with Gasteiger partial charge in [0, 0.05) is 12.1 Å². The highest BCUT2D eigenvalue weighted by Gasteiger charge is 2.42. The predicted octanol–water partition coefficient (Wildman–Crippen LogP) is -0.573. The van der Waals surface area contributed by atoms with Gasteiger partial charge in [0.25, 0.3) is 22.8 Å². The number of hydrogen-bond donors (Lipinski definition) is 1. The van der Waals surface area contributed by atoms with Gasteiger partial charge in [0.2, 0.25) is 0 Å². The highest BCUT2D eigenvalue weighted by molar-refractivity contribution is 5.28. The highest BCUT2D eigenvalue weighted by atomic mass is 16.5. The van der Waals surface area contributed by atoms with E-state index in [1.54, 1.807) is 36.4 Å². The van der Waals surface area contributed by atoms with E-state index < -0.39 is 12.1 Å². The molecule has 5 heteroatoms. The Bertz CT molecular complexity index is 661. The number of fused-ring (bicyclic) bond motifs is 2. The Hall–Kier alpha value is -2.30. The summed E-state index contributed by atoms with van der Waals surface area (Å²) in [5.74, 6) is -0.0807. The van der Waals surface area contributed by atoms with Crippen LogP contribution in [0.2, 0.25) is 0 Å². The monoisotopic (exact) mass is 230 g/mol. The van der Waals surface area contributed by atoms with Crippen molar-refractivity contribution in [3.05, 3.63) is 69.4 Å². The molecular formula is C12H10N2O3. The van der Waals surface area contributed by atoms with Crippen molar-refractivity contribution >= 4 is 0 Å². The number of allylic oxidation sites excluding steroid dienone is 2. The van der Waals surface area contributed by atoms with Crippen molar-refractivity contribution in [2.75, 3.05) is 0 Å². The molecule has 1 N–H and O–H groups in total. The molecule has 0 fully saturated rings. The van der Waals surface area contributed by atoms with Crippen LogP contribution in [0.15, 0.2) is 48.3 Å². The summed E-state index contributed by atoms with van der Waals surface area (Å²) >= 11 is 0. The van der Waals surface area contributed by atoms with E-state index in [2.05, 4.69) is 0 Å². The van der Waals surface area contributed by atoms with E-state index in [1.165, 1.54) is 6.08 Å². The largest absolute Gasteiger partial charge is 0.623 e. The number of rotatable bonds is 0. The van der Waals surface area contributed by atoms with E-state index in [-0.39, 0.29) is 5.76 Å². The van der Waals surface area contributed by atoms with Crippen LogP contribution in [0.5, 0.6) is 0 Å². The second-order valence-corrected chi connectivity index (χ2v) is 4.05. The van der Waals surface area contributed by atoms with Crippen molar-refractivity contribution in [3.8, 4) is 0 Å². The van der Waals surface area contributed by atoms with Gasteiger partial charge < -0.3 is 15.5 Å². The highest BCUT2D eigenvalue weighted by Crippen LogP contribution is 2.15. The van der Waals surface area contributed by atoms with E-state index in [0.717, 1.165) is 4.74 Å². The number of hydroxylamine groups is 2. The maximum Gasteiger partial charge on any atom is 0.285 e. The lowest BCUT2D eigenvalue weighted by molar-refractivity contribution is 0.291. The van der Waals surface area contributed by atoms with Crippen molar-refractivity contribution in [3.63, 3.8) is 0 Å². The molecule has 86 valence electrons. The summed E-state index contributed by atoms with van der Waals surface area (Å²) in [6.45, 7) is 0. The molecule has 2 unspecified atom stereocenters. The summed E-state index contributed by atoms with van der Waals surface area (Å²) in [7, 11) is 0. The molecule has 1 aromatic rings. The van der Waals surface area contributed by atoms with Crippen LogP contribution in [-0.2, 0) is 0 Å². The van der Waals surface area contributed by atoms with Gasteiger partial charge in [-0.1, -0.05) is 18.2 Å². The number of aliphatic hydroxyl groups is 1. The predicted molar refractivity (Wildman–Crippen MR) is 62.3 cm³/mol. The lowest BCUT2D eigenvalue weighted by Crippen LogP contribution is -2.61. The molecule has 2 aliphatic rings. The average molecular weight is 230 g/mol. The Morgan fingerprint density at radius 2 is 1.71 bits per heavy atom. The van der Waals surface area contributed by atoms with Crippen LogP contribution in [-0.4, -0.2) is 17.2 Å². The van der Waals surface area contributed by atoms with Gasteiger partial charge in [0.05, 0.1) is 0 Å². The zero-order valence-electron chi connectivity index (χ0n) is 8.85. The third-order valence-corrected chi connectivity index (χ3v) is 3.08. The molecule has 1 heterocycles. The smallest absolute Gasteiger partial charge is 0.285 e. The summed E-state index contributed by atoms with van der Waals surface area (Å²) in [5.41, 5.74) is 0. The number of nitrogens with zero attached hydrogens (tertiary/aromatic N) is 2. The first kappa shape index (κ1) is 9.89. The van der Waals surface area contributed by atoms with Crippen LogP contribution < -0.4 is 20.2 Å². The van der Waals surface area contributed by atoms with Crippen LogP contribution >= 0.6 is 0 Å². The van der Waals surface area contributed by atoms with Crippen LogP contribution in [0, 0.1) is 10.4 Å². The van der Waals surface area contributed by atoms with Gasteiger partial charge in [-0.05, 0) is 12.2 Å². The van der Waals surface area contributed by atoms with E-state index in [1.807, 2.05) is 0 Å². The Balaban J connectivity index is 2.40. The number of para-hydroxylation sites is 2. The fraction of sp³-hybridized carbons (Fsp3) is 0.167. The minimum Gasteiger partial charge on any atom is -0.623 e. The first-order valence-corrected chi connectivity index (χ1v) is 5.29. The third-order valence-electron chi connectivity index (χ3n) is 3.08. The normalized spacial score (nSPS) is 26.2. The lowest BCUT2D eigenvalue weighted by atomic mass is 10.00. The standard InChI is InChI=1S/C12H10N2O3/c15-11-7-3-6-10-12(11)14(17)9-5-2-1-4-8(9)13(10)16/h1-7,10,12,15H. The van der Waals surface area contributed by atoms with Gasteiger partial charge in [-0.25, -0.2) is 0 Å². The summed E-state index contributed by atoms with van der Waals surface area (Å²) in [4.78, 5) is 0. The zero-order chi connectivity index (χ0) is 12.0. The fourth-order valence-electron chi connectivity index (χ4n) is 2.26. The van der Waals surface area contributed by atoms with Crippen molar-refractivity contribution in [2.24, 2.45) is 0 Å². The quantitative estimate of drug-likeness (QED) is 0.479. The molecule has 17 heavy (non-hydrogen) atoms. The number of benzene rings is 1. The van der Waals surface area contributed by atoms with Crippen LogP contribution in [0.25, 0.3) is 0 Å². The lowest BCUT2D eigenvalue weighted by Gasteiger charge is -2.26. The van der Waals surface area contributed by atoms with E-state index in [4.69, 9.17) is 0 Å². The summed E-state index contributed by atoms with van der Waals surface area (Å²) in [6.07, 6.45) is 4.65. The van der Waals surface area contributed by atoms with Gasteiger partial charge >= 0.3 is 0 Å². The van der Waals surface area contributed by atoms with Crippen molar-refractivity contribution in [1.29, 1.82) is 0 Å². The topological polar surface area (TPSA) is 72.4 Å². The van der Waals surface area contributed by atoms with Gasteiger partial charge in [-0.3, -0.25) is 0 Å². The van der Waals surface area contributed by atoms with Crippen LogP contribution in [0.1, 0.15) is 0 Å². The molecule has 0 bridgehead atoms. The molecule has 3 rings (SSSR count). The fourth-order valence-corrected chi connectivity index (χ4v) is 2.26. The van der Waals surface area contributed by atoms with Gasteiger partial charge in [-0.2, -0.15) is 9.48 Å². The maximum atomic E-state index is 12.1. The molecule has 1 aliphatic heterocycles.